The SMILES string of the molecule is Cc1nc(C)c(CCC(=O)Nc2cccc(C#N)c2)c(=O)[nH]1. The summed E-state index contributed by atoms with van der Waals surface area (Å²) in [5.41, 5.74) is 2.00. The summed E-state index contributed by atoms with van der Waals surface area (Å²) >= 11 is 0. The van der Waals surface area contributed by atoms with Crippen LogP contribution >= 0.6 is 0 Å². The third kappa shape index (κ3) is 3.79. The number of aryl methyl sites for hydroxylation is 2. The van der Waals surface area contributed by atoms with Crippen molar-refractivity contribution in [3.8, 4) is 6.07 Å². The number of nitrogens with one attached hydrogen (secondary N) is 2. The largest absolute Gasteiger partial charge is 0.326 e. The second-order valence-electron chi connectivity index (χ2n) is 4.96. The fourth-order valence-corrected chi connectivity index (χ4v) is 2.17. The Morgan fingerprint density at radius 2 is 2.18 bits per heavy atom. The minimum atomic E-state index is -0.213. The number of carbonyl (C=O) groups is 1. The number of nitrogens with zero attached hydrogens (tertiary/aromatic N) is 2. The van der Waals surface area contributed by atoms with Crippen molar-refractivity contribution < 1.29 is 4.79 Å². The van der Waals surface area contributed by atoms with Crippen LogP contribution in [0.5, 0.6) is 0 Å². The maximum absolute atomic E-state index is 11.9. The molecule has 22 heavy (non-hydrogen) atoms. The van der Waals surface area contributed by atoms with E-state index in [4.69, 9.17) is 5.26 Å². The van der Waals surface area contributed by atoms with Crippen molar-refractivity contribution in [2.24, 2.45) is 0 Å². The van der Waals surface area contributed by atoms with Gasteiger partial charge in [0.2, 0.25) is 5.91 Å². The molecule has 1 amide bonds. The monoisotopic (exact) mass is 296 g/mol. The summed E-state index contributed by atoms with van der Waals surface area (Å²) in [7, 11) is 0. The van der Waals surface area contributed by atoms with Gasteiger partial charge in [0, 0.05) is 23.4 Å². The third-order valence-electron chi connectivity index (χ3n) is 3.22. The first kappa shape index (κ1) is 15.4. The van der Waals surface area contributed by atoms with Crippen LogP contribution in [0.15, 0.2) is 29.1 Å². The van der Waals surface area contributed by atoms with Gasteiger partial charge >= 0.3 is 0 Å². The molecule has 0 radical (unpaired) electrons. The summed E-state index contributed by atoms with van der Waals surface area (Å²) in [5, 5.41) is 11.5. The van der Waals surface area contributed by atoms with Crippen LogP contribution in [0.3, 0.4) is 0 Å². The molecule has 0 fully saturated rings. The molecular formula is C16H16N4O2. The molecule has 0 saturated heterocycles. The van der Waals surface area contributed by atoms with Crippen molar-refractivity contribution in [2.45, 2.75) is 26.7 Å². The lowest BCUT2D eigenvalue weighted by molar-refractivity contribution is -0.116. The maximum Gasteiger partial charge on any atom is 0.254 e. The first-order valence-electron chi connectivity index (χ1n) is 6.86. The molecule has 0 unspecified atom stereocenters. The summed E-state index contributed by atoms with van der Waals surface area (Å²) in [5.74, 6) is 0.346. The van der Waals surface area contributed by atoms with Gasteiger partial charge in [-0.05, 0) is 38.5 Å². The van der Waals surface area contributed by atoms with E-state index in [0.29, 0.717) is 34.8 Å². The highest BCUT2D eigenvalue weighted by atomic mass is 16.1. The third-order valence-corrected chi connectivity index (χ3v) is 3.22. The Bertz CT molecular complexity index is 803. The Kier molecular flexibility index (Phi) is 4.69. The number of aromatic nitrogens is 2. The van der Waals surface area contributed by atoms with Crippen LogP contribution in [0.25, 0.3) is 0 Å². The first-order valence-corrected chi connectivity index (χ1v) is 6.86. The van der Waals surface area contributed by atoms with Gasteiger partial charge in [-0.25, -0.2) is 4.98 Å². The zero-order valence-corrected chi connectivity index (χ0v) is 12.4. The van der Waals surface area contributed by atoms with Crippen LogP contribution in [0, 0.1) is 25.2 Å². The van der Waals surface area contributed by atoms with Crippen molar-refractivity contribution in [3.05, 3.63) is 57.3 Å². The molecule has 0 aliphatic rings. The number of carbonyl (C=O) groups excluding carboxylic acids is 1. The average Bonchev–Trinajstić information content (AvgIpc) is 2.46. The lowest BCUT2D eigenvalue weighted by atomic mass is 10.1. The van der Waals surface area contributed by atoms with E-state index < -0.39 is 0 Å². The lowest BCUT2D eigenvalue weighted by Gasteiger charge is -2.07. The van der Waals surface area contributed by atoms with Crippen molar-refractivity contribution in [3.63, 3.8) is 0 Å². The van der Waals surface area contributed by atoms with E-state index in [1.165, 1.54) is 0 Å². The Morgan fingerprint density at radius 1 is 1.41 bits per heavy atom. The van der Waals surface area contributed by atoms with Gasteiger partial charge in [-0.3, -0.25) is 9.59 Å². The number of hydrogen-bond acceptors (Lipinski definition) is 4. The summed E-state index contributed by atoms with van der Waals surface area (Å²) < 4.78 is 0. The highest BCUT2D eigenvalue weighted by molar-refractivity contribution is 5.91. The molecule has 6 nitrogen and oxygen atoms in total. The molecule has 1 aromatic heterocycles. The zero-order chi connectivity index (χ0) is 16.1. The Balaban J connectivity index is 2.02. The normalized spacial score (nSPS) is 10.0. The highest BCUT2D eigenvalue weighted by Gasteiger charge is 2.10. The van der Waals surface area contributed by atoms with Gasteiger partial charge in [-0.1, -0.05) is 6.07 Å². The molecule has 0 bridgehead atoms. The summed E-state index contributed by atoms with van der Waals surface area (Å²) in [6, 6.07) is 8.69. The Morgan fingerprint density at radius 3 is 2.86 bits per heavy atom. The molecule has 6 heteroatoms. The van der Waals surface area contributed by atoms with Crippen LogP contribution in [0.1, 0.15) is 29.1 Å². The van der Waals surface area contributed by atoms with E-state index >= 15 is 0 Å². The fraction of sp³-hybridized carbons (Fsp3) is 0.250. The summed E-state index contributed by atoms with van der Waals surface area (Å²) in [4.78, 5) is 30.6. The standard InChI is InChI=1S/C16H16N4O2/c1-10-14(16(22)19-11(2)18-10)6-7-15(21)20-13-5-3-4-12(8-13)9-17/h3-5,8H,6-7H2,1-2H3,(H,20,21)(H,18,19,22). The molecule has 0 atom stereocenters. The van der Waals surface area contributed by atoms with E-state index in [-0.39, 0.29) is 17.9 Å². The number of amides is 1. The predicted octanol–water partition coefficient (Wildman–Crippen LogP) is 1.83. The van der Waals surface area contributed by atoms with Crippen molar-refractivity contribution in [2.75, 3.05) is 5.32 Å². The van der Waals surface area contributed by atoms with Crippen LogP contribution < -0.4 is 10.9 Å². The quantitative estimate of drug-likeness (QED) is 0.899. The van der Waals surface area contributed by atoms with Crippen LogP contribution in [-0.2, 0) is 11.2 Å². The predicted molar refractivity (Wildman–Crippen MR) is 82.4 cm³/mol. The van der Waals surface area contributed by atoms with E-state index in [2.05, 4.69) is 15.3 Å². The van der Waals surface area contributed by atoms with Crippen molar-refractivity contribution >= 4 is 11.6 Å². The maximum atomic E-state index is 11.9. The number of benzene rings is 1. The number of aromatic amines is 1. The molecule has 0 spiro atoms. The fourth-order valence-electron chi connectivity index (χ4n) is 2.17. The van der Waals surface area contributed by atoms with Crippen molar-refractivity contribution in [1.29, 1.82) is 5.26 Å². The molecule has 0 aliphatic heterocycles. The van der Waals surface area contributed by atoms with Gasteiger partial charge in [-0.15, -0.1) is 0 Å². The van der Waals surface area contributed by atoms with Gasteiger partial charge in [0.15, 0.2) is 0 Å². The molecule has 2 rings (SSSR count). The molecule has 1 aromatic carbocycles. The second kappa shape index (κ2) is 6.68. The number of rotatable bonds is 4. The van der Waals surface area contributed by atoms with Crippen LogP contribution in [-0.4, -0.2) is 15.9 Å². The molecule has 2 aromatic rings. The topological polar surface area (TPSA) is 98.6 Å². The number of anilines is 1. The molecule has 0 aliphatic carbocycles. The van der Waals surface area contributed by atoms with E-state index in [9.17, 15) is 9.59 Å². The van der Waals surface area contributed by atoms with Crippen LogP contribution in [0.4, 0.5) is 5.69 Å². The Labute approximate surface area is 127 Å². The number of H-pyrrole nitrogens is 1. The van der Waals surface area contributed by atoms with Gasteiger partial charge in [-0.2, -0.15) is 5.26 Å². The van der Waals surface area contributed by atoms with Gasteiger partial charge in [0.1, 0.15) is 5.82 Å². The lowest BCUT2D eigenvalue weighted by Crippen LogP contribution is -2.20. The summed E-state index contributed by atoms with van der Waals surface area (Å²) in [6.07, 6.45) is 0.490. The molecule has 112 valence electrons. The number of nitriles is 1. The number of hydrogen-bond donors (Lipinski definition) is 2. The molecule has 0 saturated carbocycles. The molecule has 2 N–H and O–H groups in total. The highest BCUT2D eigenvalue weighted by Crippen LogP contribution is 2.11. The van der Waals surface area contributed by atoms with E-state index in [0.717, 1.165) is 0 Å². The minimum absolute atomic E-state index is 0.172. The Hall–Kier alpha value is -2.94. The van der Waals surface area contributed by atoms with Crippen LogP contribution in [0.2, 0.25) is 0 Å². The van der Waals surface area contributed by atoms with E-state index in [1.54, 1.807) is 38.1 Å². The minimum Gasteiger partial charge on any atom is -0.326 e. The van der Waals surface area contributed by atoms with Gasteiger partial charge < -0.3 is 10.3 Å². The van der Waals surface area contributed by atoms with Gasteiger partial charge in [0.05, 0.1) is 11.6 Å². The zero-order valence-electron chi connectivity index (χ0n) is 12.4. The molecular weight excluding hydrogens is 280 g/mol. The van der Waals surface area contributed by atoms with Crippen molar-refractivity contribution in [1.82, 2.24) is 9.97 Å². The smallest absolute Gasteiger partial charge is 0.254 e. The van der Waals surface area contributed by atoms with Gasteiger partial charge in [0.25, 0.3) is 5.56 Å². The molecule has 1 heterocycles. The van der Waals surface area contributed by atoms with E-state index in [1.807, 2.05) is 6.07 Å². The second-order valence-corrected chi connectivity index (χ2v) is 4.96. The average molecular weight is 296 g/mol. The first-order chi connectivity index (χ1) is 10.5. The summed E-state index contributed by atoms with van der Waals surface area (Å²) in [6.45, 7) is 3.47.